The van der Waals surface area contributed by atoms with Crippen molar-refractivity contribution in [1.82, 2.24) is 10.2 Å². The molecule has 1 saturated carbocycles. The smallest absolute Gasteiger partial charge is 0.222 e. The molecule has 5 heteroatoms. The van der Waals surface area contributed by atoms with E-state index < -0.39 is 0 Å². The zero-order valence-corrected chi connectivity index (χ0v) is 13.0. The first-order valence-electron chi connectivity index (χ1n) is 7.85. The van der Waals surface area contributed by atoms with Crippen LogP contribution < -0.4 is 5.32 Å². The molecule has 0 unspecified atom stereocenters. The molecule has 2 rings (SSSR count). The Balaban J connectivity index is 1.78. The fraction of sp³-hybridized carbons (Fsp3) is 0.529. The van der Waals surface area contributed by atoms with Crippen LogP contribution in [0.3, 0.4) is 0 Å². The summed E-state index contributed by atoms with van der Waals surface area (Å²) in [7, 11) is 0. The van der Waals surface area contributed by atoms with Crippen LogP contribution in [-0.4, -0.2) is 29.3 Å². The summed E-state index contributed by atoms with van der Waals surface area (Å²) in [4.78, 5) is 25.4. The molecule has 4 nitrogen and oxygen atoms in total. The maximum atomic E-state index is 13.5. The number of hydrogen-bond acceptors (Lipinski definition) is 2. The van der Waals surface area contributed by atoms with Gasteiger partial charge in [0.05, 0.1) is 0 Å². The lowest BCUT2D eigenvalue weighted by molar-refractivity contribution is -0.131. The molecule has 1 aromatic carbocycles. The van der Waals surface area contributed by atoms with E-state index in [4.69, 9.17) is 0 Å². The molecule has 1 aliphatic carbocycles. The predicted molar refractivity (Wildman–Crippen MR) is 82.5 cm³/mol. The van der Waals surface area contributed by atoms with E-state index in [1.165, 1.54) is 6.07 Å². The molecular weight excluding hydrogens is 283 g/mol. The Morgan fingerprint density at radius 3 is 2.59 bits per heavy atom. The van der Waals surface area contributed by atoms with Gasteiger partial charge in [0.1, 0.15) is 5.82 Å². The highest BCUT2D eigenvalue weighted by atomic mass is 19.1. The molecule has 0 heterocycles. The molecule has 1 aromatic rings. The van der Waals surface area contributed by atoms with E-state index in [-0.39, 0.29) is 36.6 Å². The number of rotatable bonds is 6. The Labute approximate surface area is 130 Å². The lowest BCUT2D eigenvalue weighted by Crippen LogP contribution is -2.40. The quantitative estimate of drug-likeness (QED) is 0.878. The summed E-state index contributed by atoms with van der Waals surface area (Å²) >= 11 is 0. The molecular formula is C17H23FN2O2. The van der Waals surface area contributed by atoms with Crippen LogP contribution in [0.25, 0.3) is 0 Å². The van der Waals surface area contributed by atoms with Crippen LogP contribution in [0.1, 0.15) is 44.6 Å². The number of amides is 2. The Hall–Kier alpha value is -1.91. The first-order valence-corrected chi connectivity index (χ1v) is 7.85. The van der Waals surface area contributed by atoms with E-state index in [0.29, 0.717) is 12.1 Å². The van der Waals surface area contributed by atoms with Crippen molar-refractivity contribution >= 4 is 11.8 Å². The zero-order chi connectivity index (χ0) is 15.9. The fourth-order valence-electron chi connectivity index (χ4n) is 2.96. The maximum Gasteiger partial charge on any atom is 0.222 e. The highest BCUT2D eigenvalue weighted by Gasteiger charge is 2.24. The second-order valence-electron chi connectivity index (χ2n) is 5.77. The topological polar surface area (TPSA) is 49.4 Å². The minimum absolute atomic E-state index is 0.0220. The van der Waals surface area contributed by atoms with Crippen LogP contribution in [0.5, 0.6) is 0 Å². The average Bonchev–Trinajstić information content (AvgIpc) is 3.00. The van der Waals surface area contributed by atoms with Crippen molar-refractivity contribution in [3.05, 3.63) is 35.6 Å². The standard InChI is InChI=1S/C17H23FN2O2/c1-13(21)20(15-7-3-4-8-15)11-10-17(22)19-12-14-6-2-5-9-16(14)18/h2,5-6,9,15H,3-4,7-8,10-12H2,1H3,(H,19,22). The first-order chi connectivity index (χ1) is 10.6. The molecule has 0 aliphatic heterocycles. The molecule has 0 aromatic heterocycles. The Morgan fingerprint density at radius 2 is 1.95 bits per heavy atom. The monoisotopic (exact) mass is 306 g/mol. The molecule has 22 heavy (non-hydrogen) atoms. The number of benzene rings is 1. The van der Waals surface area contributed by atoms with Crippen molar-refractivity contribution in [3.8, 4) is 0 Å². The molecule has 1 N–H and O–H groups in total. The number of nitrogens with one attached hydrogen (secondary N) is 1. The van der Waals surface area contributed by atoms with Gasteiger partial charge in [-0.1, -0.05) is 31.0 Å². The van der Waals surface area contributed by atoms with E-state index in [1.807, 2.05) is 0 Å². The highest BCUT2D eigenvalue weighted by Crippen LogP contribution is 2.23. The summed E-state index contributed by atoms with van der Waals surface area (Å²) in [5.41, 5.74) is 0.468. The van der Waals surface area contributed by atoms with E-state index in [2.05, 4.69) is 5.32 Å². The van der Waals surface area contributed by atoms with E-state index in [1.54, 1.807) is 30.0 Å². The third kappa shape index (κ3) is 4.55. The molecule has 1 aliphatic rings. The summed E-state index contributed by atoms with van der Waals surface area (Å²) in [6.45, 7) is 2.16. The number of carbonyl (C=O) groups is 2. The number of nitrogens with zero attached hydrogens (tertiary/aromatic N) is 1. The summed E-state index contributed by atoms with van der Waals surface area (Å²) in [6.07, 6.45) is 4.60. The SMILES string of the molecule is CC(=O)N(CCC(=O)NCc1ccccc1F)C1CCCC1. The summed E-state index contributed by atoms with van der Waals surface area (Å²) in [6, 6.07) is 6.65. The van der Waals surface area contributed by atoms with Crippen LogP contribution in [0.2, 0.25) is 0 Å². The van der Waals surface area contributed by atoms with Gasteiger partial charge in [0.25, 0.3) is 0 Å². The van der Waals surface area contributed by atoms with Gasteiger partial charge in [0.15, 0.2) is 0 Å². The normalized spacial score (nSPS) is 14.8. The maximum absolute atomic E-state index is 13.5. The van der Waals surface area contributed by atoms with E-state index >= 15 is 0 Å². The summed E-state index contributed by atoms with van der Waals surface area (Å²) < 4.78 is 13.5. The lowest BCUT2D eigenvalue weighted by Gasteiger charge is -2.27. The predicted octanol–water partition coefficient (Wildman–Crippen LogP) is 2.62. The van der Waals surface area contributed by atoms with Crippen LogP contribution in [-0.2, 0) is 16.1 Å². The highest BCUT2D eigenvalue weighted by molar-refractivity contribution is 5.78. The number of halogens is 1. The Morgan fingerprint density at radius 1 is 1.27 bits per heavy atom. The van der Waals surface area contributed by atoms with E-state index in [9.17, 15) is 14.0 Å². The fourth-order valence-corrected chi connectivity index (χ4v) is 2.96. The van der Waals surface area contributed by atoms with Crippen molar-refractivity contribution in [2.75, 3.05) is 6.54 Å². The van der Waals surface area contributed by atoms with Crippen molar-refractivity contribution in [3.63, 3.8) is 0 Å². The second-order valence-corrected chi connectivity index (χ2v) is 5.77. The van der Waals surface area contributed by atoms with Gasteiger partial charge in [-0.3, -0.25) is 9.59 Å². The van der Waals surface area contributed by atoms with E-state index in [0.717, 1.165) is 25.7 Å². The summed E-state index contributed by atoms with van der Waals surface area (Å²) in [5.74, 6) is -0.458. The molecule has 0 bridgehead atoms. The minimum atomic E-state index is -0.320. The van der Waals surface area contributed by atoms with Crippen molar-refractivity contribution in [2.45, 2.75) is 51.6 Å². The van der Waals surface area contributed by atoms with Gasteiger partial charge in [-0.05, 0) is 18.9 Å². The van der Waals surface area contributed by atoms with Gasteiger partial charge >= 0.3 is 0 Å². The van der Waals surface area contributed by atoms with Gasteiger partial charge in [0, 0.05) is 38.0 Å². The van der Waals surface area contributed by atoms with Crippen molar-refractivity contribution < 1.29 is 14.0 Å². The third-order valence-electron chi connectivity index (χ3n) is 4.18. The molecule has 0 radical (unpaired) electrons. The first kappa shape index (κ1) is 16.5. The van der Waals surface area contributed by atoms with Crippen molar-refractivity contribution in [2.24, 2.45) is 0 Å². The third-order valence-corrected chi connectivity index (χ3v) is 4.18. The zero-order valence-electron chi connectivity index (χ0n) is 13.0. The Bertz CT molecular complexity index is 527. The number of hydrogen-bond donors (Lipinski definition) is 1. The van der Waals surface area contributed by atoms with Gasteiger partial charge in [-0.25, -0.2) is 4.39 Å². The van der Waals surface area contributed by atoms with Crippen LogP contribution in [0.4, 0.5) is 4.39 Å². The Kier molecular flexibility index (Phi) is 5.92. The summed E-state index contributed by atoms with van der Waals surface area (Å²) in [5, 5.41) is 2.71. The van der Waals surface area contributed by atoms with Crippen molar-refractivity contribution in [1.29, 1.82) is 0 Å². The largest absolute Gasteiger partial charge is 0.352 e. The molecule has 2 amide bonds. The minimum Gasteiger partial charge on any atom is -0.352 e. The molecule has 0 saturated heterocycles. The van der Waals surface area contributed by atoms with Gasteiger partial charge in [0.2, 0.25) is 11.8 Å². The molecule has 1 fully saturated rings. The van der Waals surface area contributed by atoms with Gasteiger partial charge in [-0.2, -0.15) is 0 Å². The number of carbonyl (C=O) groups excluding carboxylic acids is 2. The van der Waals surface area contributed by atoms with Crippen LogP contribution in [0.15, 0.2) is 24.3 Å². The average molecular weight is 306 g/mol. The lowest BCUT2D eigenvalue weighted by atomic mass is 10.2. The molecule has 120 valence electrons. The van der Waals surface area contributed by atoms with Gasteiger partial charge in [-0.15, -0.1) is 0 Å². The molecule has 0 atom stereocenters. The molecule has 0 spiro atoms. The second kappa shape index (κ2) is 7.92. The van der Waals surface area contributed by atoms with Crippen LogP contribution in [0, 0.1) is 5.82 Å². The van der Waals surface area contributed by atoms with Crippen LogP contribution >= 0.6 is 0 Å². The van der Waals surface area contributed by atoms with Gasteiger partial charge < -0.3 is 10.2 Å².